The van der Waals surface area contributed by atoms with Crippen molar-refractivity contribution < 1.29 is 4.79 Å². The van der Waals surface area contributed by atoms with E-state index in [0.717, 1.165) is 49.4 Å². The van der Waals surface area contributed by atoms with Crippen LogP contribution in [0.25, 0.3) is 0 Å². The molecule has 1 aromatic rings. The third-order valence-electron chi connectivity index (χ3n) is 7.92. The molecule has 5 aliphatic rings. The SMILES string of the molecule is C[C@@H](C(=O)NC12CC3CC(CC(C3)C1)C2)N1CCC[C@@H](c2ccnc(N)n2)C1. The Morgan fingerprint density at radius 3 is 2.57 bits per heavy atom. The zero-order valence-electron chi connectivity index (χ0n) is 16.9. The molecule has 0 radical (unpaired) electrons. The lowest BCUT2D eigenvalue weighted by atomic mass is 9.53. The Balaban J connectivity index is 1.24. The van der Waals surface area contributed by atoms with Gasteiger partial charge in [-0.3, -0.25) is 9.69 Å². The third-order valence-corrected chi connectivity index (χ3v) is 7.92. The van der Waals surface area contributed by atoms with Crippen molar-refractivity contribution in [1.29, 1.82) is 0 Å². The number of nitrogens with zero attached hydrogens (tertiary/aromatic N) is 3. The first-order valence-corrected chi connectivity index (χ1v) is 11.1. The molecule has 4 aliphatic carbocycles. The van der Waals surface area contributed by atoms with Crippen LogP contribution < -0.4 is 11.1 Å². The molecule has 0 spiro atoms. The molecule has 6 heteroatoms. The summed E-state index contributed by atoms with van der Waals surface area (Å²) in [5.74, 6) is 3.44. The van der Waals surface area contributed by atoms with Gasteiger partial charge in [-0.2, -0.15) is 0 Å². The highest BCUT2D eigenvalue weighted by Crippen LogP contribution is 2.55. The number of carbonyl (C=O) groups excluding carboxylic acids is 1. The van der Waals surface area contributed by atoms with Crippen molar-refractivity contribution in [2.45, 2.75) is 75.8 Å². The number of carbonyl (C=O) groups is 1. The molecule has 1 saturated heterocycles. The van der Waals surface area contributed by atoms with E-state index in [1.807, 2.05) is 6.07 Å². The second-order valence-electron chi connectivity index (χ2n) is 10.0. The second-order valence-corrected chi connectivity index (χ2v) is 10.0. The van der Waals surface area contributed by atoms with E-state index in [9.17, 15) is 4.79 Å². The minimum Gasteiger partial charge on any atom is -0.368 e. The first-order chi connectivity index (χ1) is 13.5. The Morgan fingerprint density at radius 1 is 1.25 bits per heavy atom. The van der Waals surface area contributed by atoms with Crippen LogP contribution >= 0.6 is 0 Å². The molecule has 1 amide bonds. The van der Waals surface area contributed by atoms with Crippen molar-refractivity contribution in [2.24, 2.45) is 17.8 Å². The molecular weight excluding hydrogens is 350 g/mol. The van der Waals surface area contributed by atoms with Gasteiger partial charge in [0, 0.05) is 24.2 Å². The Hall–Kier alpha value is -1.69. The van der Waals surface area contributed by atoms with E-state index in [1.165, 1.54) is 38.5 Å². The molecule has 6 nitrogen and oxygen atoms in total. The highest BCUT2D eigenvalue weighted by molar-refractivity contribution is 5.82. The van der Waals surface area contributed by atoms with E-state index >= 15 is 0 Å². The largest absolute Gasteiger partial charge is 0.368 e. The lowest BCUT2D eigenvalue weighted by Crippen LogP contribution is -2.62. The van der Waals surface area contributed by atoms with Gasteiger partial charge in [0.25, 0.3) is 0 Å². The van der Waals surface area contributed by atoms with Crippen molar-refractivity contribution >= 4 is 11.9 Å². The van der Waals surface area contributed by atoms with Crippen molar-refractivity contribution in [3.63, 3.8) is 0 Å². The third kappa shape index (κ3) is 3.40. The molecule has 5 fully saturated rings. The highest BCUT2D eigenvalue weighted by atomic mass is 16.2. The van der Waals surface area contributed by atoms with Crippen LogP contribution in [0.15, 0.2) is 12.3 Å². The number of hydrogen-bond donors (Lipinski definition) is 2. The molecule has 1 aliphatic heterocycles. The predicted molar refractivity (Wildman–Crippen MR) is 109 cm³/mol. The number of nitrogens with one attached hydrogen (secondary N) is 1. The Morgan fingerprint density at radius 2 is 1.93 bits per heavy atom. The number of rotatable bonds is 4. The van der Waals surface area contributed by atoms with Crippen LogP contribution in [0.5, 0.6) is 0 Å². The van der Waals surface area contributed by atoms with Crippen molar-refractivity contribution in [1.82, 2.24) is 20.2 Å². The van der Waals surface area contributed by atoms with Gasteiger partial charge in [0.1, 0.15) is 0 Å². The topological polar surface area (TPSA) is 84.1 Å². The monoisotopic (exact) mass is 383 g/mol. The van der Waals surface area contributed by atoms with Crippen molar-refractivity contribution in [3.8, 4) is 0 Å². The average Bonchev–Trinajstić information content (AvgIpc) is 2.66. The molecule has 0 aromatic carbocycles. The first kappa shape index (κ1) is 18.3. The average molecular weight is 384 g/mol. The van der Waals surface area contributed by atoms with Gasteiger partial charge in [0.2, 0.25) is 11.9 Å². The summed E-state index contributed by atoms with van der Waals surface area (Å²) >= 11 is 0. The highest BCUT2D eigenvalue weighted by Gasteiger charge is 2.51. The van der Waals surface area contributed by atoms with Gasteiger partial charge in [-0.25, -0.2) is 9.97 Å². The summed E-state index contributed by atoms with van der Waals surface area (Å²) in [4.78, 5) is 24.0. The number of anilines is 1. The smallest absolute Gasteiger partial charge is 0.237 e. The lowest BCUT2D eigenvalue weighted by Gasteiger charge is -2.57. The standard InChI is InChI=1S/C22H33N5O/c1-14(27-6-2-3-18(13-27)19-4-5-24-21(23)25-19)20(28)26-22-10-15-7-16(11-22)9-17(8-15)12-22/h4-5,14-18H,2-3,6-13H2,1H3,(H,26,28)(H2,23,24,25)/t14-,15?,16?,17?,18+,22?/m0/s1. The lowest BCUT2D eigenvalue weighted by molar-refractivity contribution is -0.132. The first-order valence-electron chi connectivity index (χ1n) is 11.1. The maximum absolute atomic E-state index is 13.2. The molecule has 3 N–H and O–H groups in total. The number of piperidine rings is 1. The van der Waals surface area contributed by atoms with Crippen molar-refractivity contribution in [2.75, 3.05) is 18.8 Å². The second kappa shape index (κ2) is 6.97. The molecule has 4 bridgehead atoms. The molecule has 152 valence electrons. The fourth-order valence-electron chi connectivity index (χ4n) is 7.01. The van der Waals surface area contributed by atoms with Crippen LogP contribution in [-0.4, -0.2) is 45.4 Å². The van der Waals surface area contributed by atoms with Crippen LogP contribution in [0.2, 0.25) is 0 Å². The van der Waals surface area contributed by atoms with Crippen LogP contribution in [0.4, 0.5) is 5.95 Å². The fraction of sp³-hybridized carbons (Fsp3) is 0.773. The van der Waals surface area contributed by atoms with E-state index < -0.39 is 0 Å². The Bertz CT molecular complexity index is 715. The van der Waals surface area contributed by atoms with Gasteiger partial charge >= 0.3 is 0 Å². The Kier molecular flexibility index (Phi) is 4.57. The summed E-state index contributed by atoms with van der Waals surface area (Å²) in [6, 6.07) is 1.88. The molecule has 2 atom stereocenters. The van der Waals surface area contributed by atoms with E-state index in [-0.39, 0.29) is 17.5 Å². The molecular formula is C22H33N5O. The van der Waals surface area contributed by atoms with Gasteiger partial charge in [-0.15, -0.1) is 0 Å². The molecule has 2 heterocycles. The predicted octanol–water partition coefficient (Wildman–Crippen LogP) is 2.71. The number of nitrogens with two attached hydrogens (primary N) is 1. The summed E-state index contributed by atoms with van der Waals surface area (Å²) in [6.07, 6.45) is 11.8. The van der Waals surface area contributed by atoms with E-state index in [0.29, 0.717) is 11.9 Å². The van der Waals surface area contributed by atoms with E-state index in [2.05, 4.69) is 27.1 Å². The summed E-state index contributed by atoms with van der Waals surface area (Å²) in [5, 5.41) is 3.56. The fourth-order valence-corrected chi connectivity index (χ4v) is 7.01. The van der Waals surface area contributed by atoms with Crippen LogP contribution in [0, 0.1) is 17.8 Å². The molecule has 28 heavy (non-hydrogen) atoms. The number of nitrogen functional groups attached to an aromatic ring is 1. The number of hydrogen-bond acceptors (Lipinski definition) is 5. The number of aromatic nitrogens is 2. The van der Waals surface area contributed by atoms with E-state index in [4.69, 9.17) is 5.73 Å². The van der Waals surface area contributed by atoms with Gasteiger partial charge < -0.3 is 11.1 Å². The summed E-state index contributed by atoms with van der Waals surface area (Å²) < 4.78 is 0. The van der Waals surface area contributed by atoms with Gasteiger partial charge in [-0.1, -0.05) is 0 Å². The van der Waals surface area contributed by atoms with Crippen LogP contribution in [0.1, 0.15) is 69.9 Å². The van der Waals surface area contributed by atoms with Gasteiger partial charge in [0.05, 0.1) is 11.7 Å². The normalized spacial score (nSPS) is 38.3. The molecule has 6 rings (SSSR count). The minimum absolute atomic E-state index is 0.0880. The maximum Gasteiger partial charge on any atom is 0.237 e. The van der Waals surface area contributed by atoms with E-state index in [1.54, 1.807) is 6.20 Å². The van der Waals surface area contributed by atoms with Crippen LogP contribution in [0.3, 0.4) is 0 Å². The van der Waals surface area contributed by atoms with Gasteiger partial charge in [-0.05, 0) is 88.7 Å². The number of amides is 1. The molecule has 0 unspecified atom stereocenters. The Labute approximate surface area is 167 Å². The van der Waals surface area contributed by atoms with Crippen molar-refractivity contribution in [3.05, 3.63) is 18.0 Å². The maximum atomic E-state index is 13.2. The minimum atomic E-state index is -0.0880. The van der Waals surface area contributed by atoms with Gasteiger partial charge in [0.15, 0.2) is 0 Å². The summed E-state index contributed by atoms with van der Waals surface area (Å²) in [7, 11) is 0. The molecule has 4 saturated carbocycles. The quantitative estimate of drug-likeness (QED) is 0.835. The zero-order chi connectivity index (χ0) is 19.3. The zero-order valence-corrected chi connectivity index (χ0v) is 16.9. The number of likely N-dealkylation sites (tertiary alicyclic amines) is 1. The molecule has 1 aromatic heterocycles. The summed E-state index contributed by atoms with van der Waals surface area (Å²) in [5.41, 5.74) is 6.87. The van der Waals surface area contributed by atoms with Crippen LogP contribution in [-0.2, 0) is 4.79 Å². The summed E-state index contributed by atoms with van der Waals surface area (Å²) in [6.45, 7) is 3.92.